The van der Waals surface area contributed by atoms with Gasteiger partial charge in [-0.25, -0.2) is 0 Å². The molecule has 102 valence electrons. The molecule has 1 aromatic carbocycles. The van der Waals surface area contributed by atoms with E-state index in [1.807, 2.05) is 45.0 Å². The van der Waals surface area contributed by atoms with Gasteiger partial charge in [0.25, 0.3) is 0 Å². The number of hydrogen-bond donors (Lipinski definition) is 1. The van der Waals surface area contributed by atoms with Gasteiger partial charge in [-0.2, -0.15) is 4.98 Å². The molecule has 0 aliphatic heterocycles. The van der Waals surface area contributed by atoms with Crippen LogP contribution in [0.25, 0.3) is 0 Å². The predicted molar refractivity (Wildman–Crippen MR) is 71.6 cm³/mol. The van der Waals surface area contributed by atoms with Crippen LogP contribution in [0.15, 0.2) is 28.8 Å². The van der Waals surface area contributed by atoms with Crippen LogP contribution in [0.3, 0.4) is 0 Å². The van der Waals surface area contributed by atoms with Crippen LogP contribution in [-0.2, 0) is 6.61 Å². The van der Waals surface area contributed by atoms with Crippen molar-refractivity contribution in [2.75, 3.05) is 0 Å². The van der Waals surface area contributed by atoms with E-state index in [4.69, 9.17) is 15.0 Å². The molecule has 2 rings (SSSR count). The van der Waals surface area contributed by atoms with Crippen LogP contribution in [0, 0.1) is 12.8 Å². The summed E-state index contributed by atoms with van der Waals surface area (Å²) in [6.45, 7) is 6.31. The highest BCUT2D eigenvalue weighted by atomic mass is 16.5. The maximum absolute atomic E-state index is 5.94. The van der Waals surface area contributed by atoms with E-state index in [9.17, 15) is 0 Å². The van der Waals surface area contributed by atoms with Gasteiger partial charge < -0.3 is 15.0 Å². The fraction of sp³-hybridized carbons (Fsp3) is 0.429. The third kappa shape index (κ3) is 3.54. The van der Waals surface area contributed by atoms with E-state index in [1.54, 1.807) is 0 Å². The van der Waals surface area contributed by atoms with E-state index >= 15 is 0 Å². The second-order valence-corrected chi connectivity index (χ2v) is 4.92. The summed E-state index contributed by atoms with van der Waals surface area (Å²) in [7, 11) is 0. The monoisotopic (exact) mass is 261 g/mol. The van der Waals surface area contributed by atoms with Gasteiger partial charge in [0.1, 0.15) is 5.75 Å². The quantitative estimate of drug-likeness (QED) is 0.895. The smallest absolute Gasteiger partial charge is 0.243 e. The lowest BCUT2D eigenvalue weighted by Gasteiger charge is -2.09. The topological polar surface area (TPSA) is 74.2 Å². The van der Waals surface area contributed by atoms with Crippen LogP contribution < -0.4 is 10.5 Å². The molecular formula is C14H19N3O2. The minimum absolute atomic E-state index is 0.236. The Labute approximate surface area is 112 Å². The van der Waals surface area contributed by atoms with E-state index in [0.29, 0.717) is 11.7 Å². The molecule has 0 aliphatic rings. The minimum Gasteiger partial charge on any atom is -0.485 e. The molecule has 2 N–H and O–H groups in total. The summed E-state index contributed by atoms with van der Waals surface area (Å²) in [4.78, 5) is 4.24. The van der Waals surface area contributed by atoms with Crippen molar-refractivity contribution in [2.45, 2.75) is 33.4 Å². The van der Waals surface area contributed by atoms with Crippen LogP contribution in [0.1, 0.15) is 37.2 Å². The zero-order valence-corrected chi connectivity index (χ0v) is 11.5. The molecule has 0 aliphatic carbocycles. The van der Waals surface area contributed by atoms with Gasteiger partial charge in [-0.1, -0.05) is 31.1 Å². The highest BCUT2D eigenvalue weighted by Crippen LogP contribution is 2.18. The van der Waals surface area contributed by atoms with Crippen LogP contribution in [0.5, 0.6) is 5.75 Å². The Balaban J connectivity index is 1.97. The molecule has 19 heavy (non-hydrogen) atoms. The van der Waals surface area contributed by atoms with Gasteiger partial charge in [0.05, 0.1) is 6.04 Å². The molecule has 0 saturated heterocycles. The average Bonchev–Trinajstić information content (AvgIpc) is 2.84. The number of nitrogens with zero attached hydrogens (tertiary/aromatic N) is 2. The minimum atomic E-state index is -0.236. The maximum atomic E-state index is 5.94. The molecule has 1 unspecified atom stereocenters. The van der Waals surface area contributed by atoms with Crippen molar-refractivity contribution in [3.63, 3.8) is 0 Å². The van der Waals surface area contributed by atoms with Gasteiger partial charge in [0.2, 0.25) is 11.7 Å². The van der Waals surface area contributed by atoms with Gasteiger partial charge in [0, 0.05) is 0 Å². The molecule has 1 aromatic heterocycles. The van der Waals surface area contributed by atoms with Crippen molar-refractivity contribution in [3.05, 3.63) is 41.5 Å². The molecule has 0 saturated carbocycles. The van der Waals surface area contributed by atoms with Crippen molar-refractivity contribution >= 4 is 0 Å². The first-order valence-electron chi connectivity index (χ1n) is 6.34. The maximum Gasteiger partial charge on any atom is 0.243 e. The second kappa shape index (κ2) is 5.84. The van der Waals surface area contributed by atoms with E-state index in [0.717, 1.165) is 11.3 Å². The third-order valence-corrected chi connectivity index (χ3v) is 2.84. The highest BCUT2D eigenvalue weighted by Gasteiger charge is 2.18. The molecule has 1 atom stereocenters. The zero-order chi connectivity index (χ0) is 13.8. The normalized spacial score (nSPS) is 12.7. The SMILES string of the molecule is Cc1cccc(OCc2noc(C(N)C(C)C)n2)c1. The molecule has 0 amide bonds. The molecule has 1 heterocycles. The molecule has 5 nitrogen and oxygen atoms in total. The van der Waals surface area contributed by atoms with Crippen molar-refractivity contribution in [1.29, 1.82) is 0 Å². The van der Waals surface area contributed by atoms with Crippen LogP contribution in [-0.4, -0.2) is 10.1 Å². The Bertz CT molecular complexity index is 537. The number of rotatable bonds is 5. The van der Waals surface area contributed by atoms with Gasteiger partial charge in [-0.05, 0) is 30.5 Å². The summed E-state index contributed by atoms with van der Waals surface area (Å²) in [6, 6.07) is 7.58. The van der Waals surface area contributed by atoms with Crippen LogP contribution in [0.2, 0.25) is 0 Å². The summed E-state index contributed by atoms with van der Waals surface area (Å²) < 4.78 is 10.7. The van der Waals surface area contributed by atoms with E-state index in [2.05, 4.69) is 10.1 Å². The van der Waals surface area contributed by atoms with Crippen molar-refractivity contribution in [2.24, 2.45) is 11.7 Å². The Hall–Kier alpha value is -1.88. The Morgan fingerprint density at radius 3 is 2.84 bits per heavy atom. The predicted octanol–water partition coefficient (Wildman–Crippen LogP) is 2.61. The van der Waals surface area contributed by atoms with Crippen LogP contribution in [0.4, 0.5) is 0 Å². The lowest BCUT2D eigenvalue weighted by molar-refractivity contribution is 0.281. The summed E-state index contributed by atoms with van der Waals surface area (Å²) in [5, 5.41) is 3.87. The first-order chi connectivity index (χ1) is 9.06. The van der Waals surface area contributed by atoms with E-state index < -0.39 is 0 Å². The zero-order valence-electron chi connectivity index (χ0n) is 11.5. The summed E-state index contributed by atoms with van der Waals surface area (Å²) >= 11 is 0. The lowest BCUT2D eigenvalue weighted by Crippen LogP contribution is -2.17. The fourth-order valence-electron chi connectivity index (χ4n) is 1.60. The standard InChI is InChI=1S/C14H19N3O2/c1-9(2)13(15)14-16-12(17-19-14)8-18-11-6-4-5-10(3)7-11/h4-7,9,13H,8,15H2,1-3H3. The summed E-state index contributed by atoms with van der Waals surface area (Å²) in [6.07, 6.45) is 0. The number of ether oxygens (including phenoxy) is 1. The molecular weight excluding hydrogens is 242 g/mol. The number of aromatic nitrogens is 2. The summed E-state index contributed by atoms with van der Waals surface area (Å²) in [5.41, 5.74) is 7.09. The van der Waals surface area contributed by atoms with Gasteiger partial charge in [-0.3, -0.25) is 0 Å². The number of aryl methyl sites for hydroxylation is 1. The number of hydrogen-bond acceptors (Lipinski definition) is 5. The Morgan fingerprint density at radius 1 is 1.37 bits per heavy atom. The Kier molecular flexibility index (Phi) is 4.16. The fourth-order valence-corrected chi connectivity index (χ4v) is 1.60. The Morgan fingerprint density at radius 2 is 2.16 bits per heavy atom. The summed E-state index contributed by atoms with van der Waals surface area (Å²) in [5.74, 6) is 2.01. The molecule has 0 radical (unpaired) electrons. The average molecular weight is 261 g/mol. The molecule has 0 spiro atoms. The lowest BCUT2D eigenvalue weighted by atomic mass is 10.1. The molecule has 5 heteroatoms. The van der Waals surface area contributed by atoms with Crippen molar-refractivity contribution < 1.29 is 9.26 Å². The molecule has 2 aromatic rings. The van der Waals surface area contributed by atoms with Crippen LogP contribution >= 0.6 is 0 Å². The molecule has 0 fully saturated rings. The number of benzene rings is 1. The second-order valence-electron chi connectivity index (χ2n) is 4.92. The highest BCUT2D eigenvalue weighted by molar-refractivity contribution is 5.27. The largest absolute Gasteiger partial charge is 0.485 e. The molecule has 0 bridgehead atoms. The van der Waals surface area contributed by atoms with Gasteiger partial charge in [0.15, 0.2) is 6.61 Å². The van der Waals surface area contributed by atoms with Crippen molar-refractivity contribution in [3.8, 4) is 5.75 Å². The van der Waals surface area contributed by atoms with Crippen molar-refractivity contribution in [1.82, 2.24) is 10.1 Å². The third-order valence-electron chi connectivity index (χ3n) is 2.84. The number of nitrogens with two attached hydrogens (primary N) is 1. The first kappa shape index (κ1) is 13.5. The van der Waals surface area contributed by atoms with Gasteiger partial charge in [-0.15, -0.1) is 0 Å². The van der Waals surface area contributed by atoms with E-state index in [-0.39, 0.29) is 18.6 Å². The van der Waals surface area contributed by atoms with E-state index in [1.165, 1.54) is 0 Å². The first-order valence-corrected chi connectivity index (χ1v) is 6.34. The van der Waals surface area contributed by atoms with Gasteiger partial charge >= 0.3 is 0 Å².